The van der Waals surface area contributed by atoms with Crippen molar-refractivity contribution in [2.45, 2.75) is 0 Å². The lowest BCUT2D eigenvalue weighted by Gasteiger charge is -1.87. The van der Waals surface area contributed by atoms with E-state index in [1.165, 1.54) is 0 Å². The Balaban J connectivity index is 3.23. The van der Waals surface area contributed by atoms with Crippen molar-refractivity contribution in [2.75, 3.05) is 0 Å². The highest BCUT2D eigenvalue weighted by Crippen LogP contribution is 2.17. The van der Waals surface area contributed by atoms with Crippen LogP contribution in [0.1, 0.15) is 0 Å². The van der Waals surface area contributed by atoms with E-state index in [-0.39, 0.29) is 8.96 Å². The zero-order valence-electron chi connectivity index (χ0n) is 5.64. The second-order valence-electron chi connectivity index (χ2n) is 2.04. The Bertz CT molecular complexity index is 333. The molecule has 1 aliphatic rings. The summed E-state index contributed by atoms with van der Waals surface area (Å²) in [7, 11) is 0. The van der Waals surface area contributed by atoms with Gasteiger partial charge in [-0.05, 0) is 31.9 Å². The van der Waals surface area contributed by atoms with Crippen molar-refractivity contribution in [1.82, 2.24) is 0 Å². The molecular formula is C7H2Br2O3. The van der Waals surface area contributed by atoms with Gasteiger partial charge in [0.1, 0.15) is 0 Å². The zero-order chi connectivity index (χ0) is 9.30. The van der Waals surface area contributed by atoms with Gasteiger partial charge in [0.15, 0.2) is 5.78 Å². The maximum absolute atomic E-state index is 11.0. The fourth-order valence-corrected chi connectivity index (χ4v) is 1.34. The first-order valence-electron chi connectivity index (χ1n) is 2.90. The predicted molar refractivity (Wildman–Crippen MR) is 49.0 cm³/mol. The number of hydrogen-bond acceptors (Lipinski definition) is 3. The van der Waals surface area contributed by atoms with Crippen LogP contribution in [-0.4, -0.2) is 17.3 Å². The van der Waals surface area contributed by atoms with E-state index < -0.39 is 17.3 Å². The van der Waals surface area contributed by atoms with Crippen LogP contribution in [0.2, 0.25) is 0 Å². The van der Waals surface area contributed by atoms with Crippen molar-refractivity contribution in [3.63, 3.8) is 0 Å². The van der Waals surface area contributed by atoms with Gasteiger partial charge in [0.05, 0.1) is 8.96 Å². The largest absolute Gasteiger partial charge is 0.289 e. The van der Waals surface area contributed by atoms with E-state index in [2.05, 4.69) is 31.9 Å². The van der Waals surface area contributed by atoms with E-state index in [9.17, 15) is 14.4 Å². The minimum atomic E-state index is -0.712. The van der Waals surface area contributed by atoms with E-state index in [0.29, 0.717) is 0 Å². The summed E-state index contributed by atoms with van der Waals surface area (Å²) < 4.78 is 0.0819. The number of Topliss-reactive ketones (excluding diaryl/α,β-unsaturated/α-hetero) is 1. The molecule has 1 rings (SSSR count). The van der Waals surface area contributed by atoms with Gasteiger partial charge in [-0.1, -0.05) is 0 Å². The lowest BCUT2D eigenvalue weighted by molar-refractivity contribution is -0.131. The van der Waals surface area contributed by atoms with Gasteiger partial charge in [0.2, 0.25) is 11.6 Å². The second kappa shape index (κ2) is 3.45. The molecule has 5 heteroatoms. The smallest absolute Gasteiger partial charge is 0.239 e. The highest BCUT2D eigenvalue weighted by atomic mass is 79.9. The average Bonchev–Trinajstić information content (AvgIpc) is 2.07. The molecule has 0 saturated heterocycles. The normalized spacial score (nSPS) is 18.7. The Kier molecular flexibility index (Phi) is 2.74. The summed E-state index contributed by atoms with van der Waals surface area (Å²) in [5, 5.41) is 0. The van der Waals surface area contributed by atoms with Gasteiger partial charge in [-0.2, -0.15) is 0 Å². The van der Waals surface area contributed by atoms with Crippen molar-refractivity contribution in [1.29, 1.82) is 0 Å². The molecule has 12 heavy (non-hydrogen) atoms. The molecule has 0 spiro atoms. The number of carbonyl (C=O) groups is 3. The van der Waals surface area contributed by atoms with E-state index >= 15 is 0 Å². The van der Waals surface area contributed by atoms with Gasteiger partial charge in [-0.3, -0.25) is 14.4 Å². The summed E-state index contributed by atoms with van der Waals surface area (Å²) in [6.45, 7) is 0. The van der Waals surface area contributed by atoms with Gasteiger partial charge in [0, 0.05) is 12.2 Å². The molecule has 0 aromatic heterocycles. The van der Waals surface area contributed by atoms with E-state index in [0.717, 1.165) is 12.2 Å². The van der Waals surface area contributed by atoms with Crippen molar-refractivity contribution >= 4 is 49.2 Å². The highest BCUT2D eigenvalue weighted by Gasteiger charge is 2.21. The second-order valence-corrected chi connectivity index (χ2v) is 3.75. The first kappa shape index (κ1) is 9.54. The van der Waals surface area contributed by atoms with E-state index in [1.807, 2.05) is 0 Å². The van der Waals surface area contributed by atoms with E-state index in [1.54, 1.807) is 0 Å². The van der Waals surface area contributed by atoms with Crippen LogP contribution >= 0.6 is 31.9 Å². The average molecular weight is 294 g/mol. The lowest BCUT2D eigenvalue weighted by Crippen LogP contribution is -2.09. The number of ketones is 3. The maximum atomic E-state index is 11.0. The topological polar surface area (TPSA) is 51.2 Å². The molecule has 62 valence electrons. The molecule has 0 heterocycles. The quantitative estimate of drug-likeness (QED) is 0.632. The number of halogens is 2. The minimum Gasteiger partial charge on any atom is -0.289 e. The molecule has 0 N–H and O–H groups in total. The van der Waals surface area contributed by atoms with Crippen molar-refractivity contribution in [2.24, 2.45) is 0 Å². The van der Waals surface area contributed by atoms with Gasteiger partial charge in [0.25, 0.3) is 0 Å². The SMILES string of the molecule is O=C1C=C(Br)C(=O)C=C(Br)C1=O. The molecule has 0 unspecified atom stereocenters. The molecule has 0 aromatic carbocycles. The fourth-order valence-electron chi connectivity index (χ4n) is 0.619. The monoisotopic (exact) mass is 292 g/mol. The van der Waals surface area contributed by atoms with Crippen LogP contribution in [-0.2, 0) is 14.4 Å². The molecule has 0 bridgehead atoms. The number of rotatable bonds is 0. The molecule has 0 amide bonds. The fraction of sp³-hybridized carbons (Fsp3) is 0. The van der Waals surface area contributed by atoms with Crippen molar-refractivity contribution in [3.8, 4) is 0 Å². The molecule has 0 atom stereocenters. The van der Waals surface area contributed by atoms with Gasteiger partial charge >= 0.3 is 0 Å². The minimum absolute atomic E-state index is 0.0109. The van der Waals surface area contributed by atoms with Crippen LogP contribution in [0.3, 0.4) is 0 Å². The number of carbonyl (C=O) groups excluding carboxylic acids is 3. The number of hydrogen-bond donors (Lipinski definition) is 0. The molecule has 0 aliphatic heterocycles. The molecular weight excluding hydrogens is 292 g/mol. The lowest BCUT2D eigenvalue weighted by atomic mass is 10.2. The van der Waals surface area contributed by atoms with Crippen LogP contribution in [0.4, 0.5) is 0 Å². The molecule has 0 radical (unpaired) electrons. The van der Waals surface area contributed by atoms with Crippen LogP contribution in [0, 0.1) is 0 Å². The first-order chi connectivity index (χ1) is 5.52. The zero-order valence-corrected chi connectivity index (χ0v) is 8.81. The third-order valence-electron chi connectivity index (χ3n) is 1.19. The van der Waals surface area contributed by atoms with Gasteiger partial charge < -0.3 is 0 Å². The summed E-state index contributed by atoms with van der Waals surface area (Å²) in [5.41, 5.74) is 0. The Morgan fingerprint density at radius 3 is 1.92 bits per heavy atom. The molecule has 0 saturated carbocycles. The van der Waals surface area contributed by atoms with Crippen LogP contribution in [0.25, 0.3) is 0 Å². The maximum Gasteiger partial charge on any atom is 0.239 e. The molecule has 0 fully saturated rings. The first-order valence-corrected chi connectivity index (χ1v) is 4.48. The molecule has 3 nitrogen and oxygen atoms in total. The summed E-state index contributed by atoms with van der Waals surface area (Å²) in [6, 6.07) is 0. The standard InChI is InChI=1S/C7H2Br2O3/c8-3-1-6(11)7(12)4(9)2-5(3)10/h1-2H. The Labute approximate surface area is 84.8 Å². The molecule has 0 aromatic rings. The number of allylic oxidation sites excluding steroid dienone is 4. The van der Waals surface area contributed by atoms with Crippen molar-refractivity contribution < 1.29 is 14.4 Å². The summed E-state index contributed by atoms with van der Waals surface area (Å²) >= 11 is 5.70. The van der Waals surface area contributed by atoms with E-state index in [4.69, 9.17) is 0 Å². The predicted octanol–water partition coefficient (Wildman–Crippen LogP) is 1.26. The van der Waals surface area contributed by atoms with Crippen LogP contribution in [0.5, 0.6) is 0 Å². The Morgan fingerprint density at radius 2 is 1.33 bits per heavy atom. The third-order valence-corrected chi connectivity index (χ3v) is 2.40. The summed E-state index contributed by atoms with van der Waals surface area (Å²) in [4.78, 5) is 32.8. The molecule has 1 aliphatic carbocycles. The third kappa shape index (κ3) is 1.78. The Morgan fingerprint density at radius 1 is 0.833 bits per heavy atom. The van der Waals surface area contributed by atoms with Gasteiger partial charge in [-0.25, -0.2) is 0 Å². The summed E-state index contributed by atoms with van der Waals surface area (Å²) in [6.07, 6.45) is 2.03. The van der Waals surface area contributed by atoms with Crippen LogP contribution in [0.15, 0.2) is 21.1 Å². The highest BCUT2D eigenvalue weighted by molar-refractivity contribution is 9.12. The van der Waals surface area contributed by atoms with Crippen LogP contribution < -0.4 is 0 Å². The van der Waals surface area contributed by atoms with Gasteiger partial charge in [-0.15, -0.1) is 0 Å². The Hall–Kier alpha value is -0.550. The van der Waals surface area contributed by atoms with Crippen molar-refractivity contribution in [3.05, 3.63) is 21.1 Å². The summed E-state index contributed by atoms with van der Waals surface area (Å²) in [5.74, 6) is -1.82.